The molecule has 1 aliphatic heterocycles. The second kappa shape index (κ2) is 6.14. The summed E-state index contributed by atoms with van der Waals surface area (Å²) in [5.74, 6) is 0.911. The summed E-state index contributed by atoms with van der Waals surface area (Å²) in [4.78, 5) is 17.6. The Bertz CT molecular complexity index is 1310. The summed E-state index contributed by atoms with van der Waals surface area (Å²) in [5, 5.41) is 4.27. The van der Waals surface area contributed by atoms with Gasteiger partial charge in [-0.3, -0.25) is 4.79 Å². The van der Waals surface area contributed by atoms with Gasteiger partial charge in [0, 0.05) is 11.1 Å². The molecule has 0 saturated carbocycles. The third-order valence-corrected chi connectivity index (χ3v) is 5.21. The van der Waals surface area contributed by atoms with Crippen LogP contribution < -0.4 is 14.8 Å². The summed E-state index contributed by atoms with van der Waals surface area (Å²) in [6.07, 6.45) is 3.83. The second-order valence-corrected chi connectivity index (χ2v) is 7.11. The molecule has 2 aromatic carbocycles. The van der Waals surface area contributed by atoms with Gasteiger partial charge in [-0.2, -0.15) is 9.50 Å². The van der Waals surface area contributed by atoms with Crippen LogP contribution in [0.2, 0.25) is 0 Å². The van der Waals surface area contributed by atoms with Gasteiger partial charge in [0.25, 0.3) is 5.56 Å². The fourth-order valence-corrected chi connectivity index (χ4v) is 3.86. The van der Waals surface area contributed by atoms with Crippen LogP contribution >= 0.6 is 11.3 Å². The Labute approximate surface area is 156 Å². The van der Waals surface area contributed by atoms with Crippen LogP contribution in [0.1, 0.15) is 5.56 Å². The Balaban J connectivity index is 1.56. The molecule has 0 atom stereocenters. The highest BCUT2D eigenvalue weighted by Gasteiger charge is 2.14. The van der Waals surface area contributed by atoms with Crippen LogP contribution in [-0.2, 0) is 0 Å². The molecular formula is C20H12FN3O2S. The number of hydrogen-bond donors (Lipinski definition) is 0. The van der Waals surface area contributed by atoms with Crippen molar-refractivity contribution in [2.24, 2.45) is 0 Å². The molecule has 1 aliphatic rings. The first-order valence-electron chi connectivity index (χ1n) is 8.27. The van der Waals surface area contributed by atoms with Gasteiger partial charge in [0.05, 0.1) is 4.53 Å². The lowest BCUT2D eigenvalue weighted by molar-refractivity contribution is 0.352. The van der Waals surface area contributed by atoms with Gasteiger partial charge in [-0.1, -0.05) is 29.5 Å². The lowest BCUT2D eigenvalue weighted by Gasteiger charge is -2.15. The van der Waals surface area contributed by atoms with Gasteiger partial charge in [0.2, 0.25) is 4.96 Å². The smallest absolute Gasteiger partial charge is 0.291 e. The average molecular weight is 377 g/mol. The fraction of sp³-hybridized carbons (Fsp3) is 0.0500. The first kappa shape index (κ1) is 15.9. The van der Waals surface area contributed by atoms with Gasteiger partial charge in [0.1, 0.15) is 18.2 Å². The standard InChI is InChI=1S/C20H12FN3O2S/c21-15-7-5-13(6-8-15)18-22-20-24(23-18)19(25)17(27-20)10-12-9-14-3-1-2-4-16(14)26-11-12/h1-10H,11H2. The van der Waals surface area contributed by atoms with Crippen molar-refractivity contribution in [1.29, 1.82) is 0 Å². The predicted octanol–water partition coefficient (Wildman–Crippen LogP) is 2.93. The van der Waals surface area contributed by atoms with E-state index in [2.05, 4.69) is 10.1 Å². The topological polar surface area (TPSA) is 56.5 Å². The van der Waals surface area contributed by atoms with E-state index in [9.17, 15) is 9.18 Å². The van der Waals surface area contributed by atoms with Crippen LogP contribution in [0.4, 0.5) is 4.39 Å². The number of aromatic nitrogens is 3. The Morgan fingerprint density at radius 1 is 1.15 bits per heavy atom. The van der Waals surface area contributed by atoms with Crippen LogP contribution in [-0.4, -0.2) is 21.2 Å². The number of thiazole rings is 1. The molecule has 0 radical (unpaired) electrons. The van der Waals surface area contributed by atoms with E-state index in [1.54, 1.807) is 12.1 Å². The highest BCUT2D eigenvalue weighted by Crippen LogP contribution is 2.26. The zero-order valence-electron chi connectivity index (χ0n) is 13.9. The van der Waals surface area contributed by atoms with Gasteiger partial charge < -0.3 is 4.74 Å². The number of halogens is 1. The number of nitrogens with zero attached hydrogens (tertiary/aromatic N) is 3. The monoisotopic (exact) mass is 377 g/mol. The molecule has 0 saturated heterocycles. The third kappa shape index (κ3) is 2.82. The molecular weight excluding hydrogens is 365 g/mol. The minimum atomic E-state index is -0.328. The molecule has 27 heavy (non-hydrogen) atoms. The van der Waals surface area contributed by atoms with Crippen molar-refractivity contribution >= 4 is 28.4 Å². The van der Waals surface area contributed by atoms with Crippen molar-refractivity contribution in [3.05, 3.63) is 80.4 Å². The normalized spacial score (nSPS) is 14.1. The summed E-state index contributed by atoms with van der Waals surface area (Å²) in [7, 11) is 0. The van der Waals surface area contributed by atoms with Crippen molar-refractivity contribution < 1.29 is 9.13 Å². The Kier molecular flexibility index (Phi) is 3.61. The van der Waals surface area contributed by atoms with E-state index < -0.39 is 0 Å². The third-order valence-electron chi connectivity index (χ3n) is 4.26. The van der Waals surface area contributed by atoms with Crippen molar-refractivity contribution in [2.45, 2.75) is 0 Å². The second-order valence-electron chi connectivity index (χ2n) is 6.10. The highest BCUT2D eigenvalue weighted by molar-refractivity contribution is 7.15. The fourth-order valence-electron chi connectivity index (χ4n) is 2.94. The van der Waals surface area contributed by atoms with E-state index in [0.29, 0.717) is 27.5 Å². The summed E-state index contributed by atoms with van der Waals surface area (Å²) in [5.41, 5.74) is 2.34. The number of fused-ring (bicyclic) bond motifs is 2. The van der Waals surface area contributed by atoms with Crippen molar-refractivity contribution in [2.75, 3.05) is 6.61 Å². The number of benzene rings is 2. The molecule has 5 rings (SSSR count). The Morgan fingerprint density at radius 2 is 1.96 bits per heavy atom. The minimum Gasteiger partial charge on any atom is -0.488 e. The predicted molar refractivity (Wildman–Crippen MR) is 102 cm³/mol. The van der Waals surface area contributed by atoms with Gasteiger partial charge in [-0.15, -0.1) is 5.10 Å². The largest absolute Gasteiger partial charge is 0.488 e. The van der Waals surface area contributed by atoms with E-state index in [4.69, 9.17) is 4.74 Å². The summed E-state index contributed by atoms with van der Waals surface area (Å²) >= 11 is 1.27. The lowest BCUT2D eigenvalue weighted by atomic mass is 10.1. The van der Waals surface area contributed by atoms with Crippen molar-refractivity contribution in [3.8, 4) is 17.1 Å². The van der Waals surface area contributed by atoms with Crippen LogP contribution in [0.25, 0.3) is 28.5 Å². The number of para-hydroxylation sites is 1. The molecule has 0 aliphatic carbocycles. The Morgan fingerprint density at radius 3 is 2.78 bits per heavy atom. The molecule has 0 amide bonds. The zero-order valence-corrected chi connectivity index (χ0v) is 14.7. The highest BCUT2D eigenvalue weighted by atomic mass is 32.1. The maximum absolute atomic E-state index is 13.1. The van der Waals surface area contributed by atoms with Crippen LogP contribution in [0, 0.1) is 5.82 Å². The van der Waals surface area contributed by atoms with E-state index >= 15 is 0 Å². The lowest BCUT2D eigenvalue weighted by Crippen LogP contribution is -2.24. The number of rotatable bonds is 2. The van der Waals surface area contributed by atoms with E-state index in [1.807, 2.05) is 36.4 Å². The van der Waals surface area contributed by atoms with E-state index in [-0.39, 0.29) is 11.4 Å². The summed E-state index contributed by atoms with van der Waals surface area (Å²) < 4.78 is 20.6. The molecule has 5 nitrogen and oxygen atoms in total. The molecule has 132 valence electrons. The molecule has 0 fully saturated rings. The molecule has 0 N–H and O–H groups in total. The SMILES string of the molecule is O=c1c(=CC2=Cc3ccccc3OC2)sc2nc(-c3ccc(F)cc3)nn12. The van der Waals surface area contributed by atoms with Gasteiger partial charge in [-0.05, 0) is 48.1 Å². The molecule has 2 aromatic heterocycles. The Hall–Kier alpha value is -3.32. The van der Waals surface area contributed by atoms with Crippen LogP contribution in [0.15, 0.2) is 58.9 Å². The number of ether oxygens (including phenoxy) is 1. The maximum atomic E-state index is 13.1. The van der Waals surface area contributed by atoms with E-state index in [1.165, 1.54) is 28.0 Å². The summed E-state index contributed by atoms with van der Waals surface area (Å²) in [6, 6.07) is 13.6. The van der Waals surface area contributed by atoms with E-state index in [0.717, 1.165) is 16.9 Å². The first-order chi connectivity index (χ1) is 13.2. The zero-order chi connectivity index (χ0) is 18.4. The minimum absolute atomic E-state index is 0.226. The van der Waals surface area contributed by atoms with Crippen LogP contribution in [0.3, 0.4) is 0 Å². The van der Waals surface area contributed by atoms with Gasteiger partial charge in [0.15, 0.2) is 5.82 Å². The van der Waals surface area contributed by atoms with Gasteiger partial charge in [-0.25, -0.2) is 4.39 Å². The van der Waals surface area contributed by atoms with Crippen molar-refractivity contribution in [3.63, 3.8) is 0 Å². The molecule has 0 spiro atoms. The quantitative estimate of drug-likeness (QED) is 0.539. The summed E-state index contributed by atoms with van der Waals surface area (Å²) in [6.45, 7) is 0.408. The van der Waals surface area contributed by atoms with Crippen LogP contribution in [0.5, 0.6) is 5.75 Å². The molecule has 4 aromatic rings. The molecule has 3 heterocycles. The first-order valence-corrected chi connectivity index (χ1v) is 9.09. The van der Waals surface area contributed by atoms with Crippen molar-refractivity contribution in [1.82, 2.24) is 14.6 Å². The molecule has 7 heteroatoms. The molecule has 0 bridgehead atoms. The average Bonchev–Trinajstić information content (AvgIpc) is 3.22. The maximum Gasteiger partial charge on any atom is 0.291 e. The van der Waals surface area contributed by atoms with Gasteiger partial charge >= 0.3 is 0 Å². The number of hydrogen-bond acceptors (Lipinski definition) is 5. The molecule has 0 unspecified atom stereocenters.